The third-order valence-electron chi connectivity index (χ3n) is 8.60. The lowest BCUT2D eigenvalue weighted by Crippen LogP contribution is -2.57. The van der Waals surface area contributed by atoms with Crippen molar-refractivity contribution in [2.45, 2.75) is 72.6 Å². The molecule has 0 aromatic rings. The van der Waals surface area contributed by atoms with Gasteiger partial charge >= 0.3 is 0 Å². The molecule has 0 radical (unpaired) electrons. The smallest absolute Gasteiger partial charge is 0.0206 e. The molecule has 0 heteroatoms. The highest BCUT2D eigenvalue weighted by Crippen LogP contribution is 2.85. The van der Waals surface area contributed by atoms with Crippen molar-refractivity contribution in [3.63, 3.8) is 0 Å². The molecule has 8 unspecified atom stereocenters. The largest absolute Gasteiger partial charge is 0.0654 e. The molecule has 0 amide bonds. The minimum atomic E-state index is 0.767. The number of unbranched alkanes of at least 4 members (excludes halogenated alkanes) is 1. The van der Waals surface area contributed by atoms with E-state index in [0.29, 0.717) is 0 Å². The molecule has 4 rings (SSSR count). The van der Waals surface area contributed by atoms with Gasteiger partial charge in [0.1, 0.15) is 0 Å². The monoisotopic (exact) mass is 260 g/mol. The van der Waals surface area contributed by atoms with E-state index >= 15 is 0 Å². The Labute approximate surface area is 119 Å². The van der Waals surface area contributed by atoms with E-state index in [1.54, 1.807) is 19.3 Å². The summed E-state index contributed by atoms with van der Waals surface area (Å²) >= 11 is 0. The van der Waals surface area contributed by atoms with Gasteiger partial charge in [-0.05, 0) is 72.0 Å². The van der Waals surface area contributed by atoms with Crippen molar-refractivity contribution < 1.29 is 0 Å². The zero-order chi connectivity index (χ0) is 13.4. The SMILES string of the molecule is CCCCC1(CC)CC2C1C(C)C1CC(C)C23CC13. The van der Waals surface area contributed by atoms with Gasteiger partial charge in [0.05, 0.1) is 0 Å². The van der Waals surface area contributed by atoms with Gasteiger partial charge in [0, 0.05) is 0 Å². The van der Waals surface area contributed by atoms with Gasteiger partial charge in [-0.1, -0.05) is 47.0 Å². The zero-order valence-corrected chi connectivity index (χ0v) is 13.4. The number of hydrogen-bond acceptors (Lipinski definition) is 0. The summed E-state index contributed by atoms with van der Waals surface area (Å²) in [6.07, 6.45) is 10.7. The first-order valence-corrected chi connectivity index (χ1v) is 9.10. The van der Waals surface area contributed by atoms with Crippen LogP contribution in [0.15, 0.2) is 0 Å². The zero-order valence-electron chi connectivity index (χ0n) is 13.4. The molecule has 0 aromatic carbocycles. The van der Waals surface area contributed by atoms with Crippen LogP contribution in [0.25, 0.3) is 0 Å². The molecule has 8 atom stereocenters. The van der Waals surface area contributed by atoms with E-state index in [9.17, 15) is 0 Å². The van der Waals surface area contributed by atoms with Crippen molar-refractivity contribution in [2.24, 2.45) is 46.3 Å². The average molecular weight is 260 g/mol. The molecular weight excluding hydrogens is 228 g/mol. The molecule has 0 aromatic heterocycles. The Morgan fingerprint density at radius 3 is 2.47 bits per heavy atom. The summed E-state index contributed by atoms with van der Waals surface area (Å²) in [4.78, 5) is 0. The van der Waals surface area contributed by atoms with Gasteiger partial charge in [-0.15, -0.1) is 0 Å². The molecule has 4 fully saturated rings. The summed E-state index contributed by atoms with van der Waals surface area (Å²) in [5.74, 6) is 6.63. The molecule has 0 spiro atoms. The molecule has 0 N–H and O–H groups in total. The normalized spacial score (nSPS) is 61.3. The van der Waals surface area contributed by atoms with Crippen LogP contribution >= 0.6 is 0 Å². The molecule has 0 saturated heterocycles. The fourth-order valence-electron chi connectivity index (χ4n) is 7.64. The van der Waals surface area contributed by atoms with Gasteiger partial charge in [-0.3, -0.25) is 0 Å². The topological polar surface area (TPSA) is 0 Å². The van der Waals surface area contributed by atoms with E-state index in [-0.39, 0.29) is 0 Å². The summed E-state index contributed by atoms with van der Waals surface area (Å²) in [5, 5.41) is 0. The first kappa shape index (κ1) is 12.7. The third kappa shape index (κ3) is 1.28. The first-order valence-electron chi connectivity index (χ1n) is 9.10. The molecule has 108 valence electrons. The highest BCUT2D eigenvalue weighted by atomic mass is 14.8. The number of hydrogen-bond donors (Lipinski definition) is 0. The Bertz CT molecular complexity index is 385. The molecule has 4 aliphatic rings. The predicted molar refractivity (Wildman–Crippen MR) is 80.8 cm³/mol. The summed E-state index contributed by atoms with van der Waals surface area (Å²) in [6.45, 7) is 10.1. The average Bonchev–Trinajstić information content (AvgIpc) is 3.06. The van der Waals surface area contributed by atoms with E-state index in [1.807, 2.05) is 0 Å². The maximum atomic E-state index is 2.64. The molecule has 4 saturated carbocycles. The van der Waals surface area contributed by atoms with Crippen LogP contribution in [-0.2, 0) is 0 Å². The molecule has 19 heavy (non-hydrogen) atoms. The lowest BCUT2D eigenvalue weighted by molar-refractivity contribution is -0.149. The van der Waals surface area contributed by atoms with Crippen LogP contribution in [0.2, 0.25) is 0 Å². The minimum Gasteiger partial charge on any atom is -0.0654 e. The molecule has 0 heterocycles. The molecule has 0 aliphatic heterocycles. The van der Waals surface area contributed by atoms with E-state index in [0.717, 1.165) is 40.4 Å². The lowest BCUT2D eigenvalue weighted by Gasteiger charge is -2.63. The van der Waals surface area contributed by atoms with Gasteiger partial charge < -0.3 is 0 Å². The van der Waals surface area contributed by atoms with E-state index in [2.05, 4.69) is 27.7 Å². The van der Waals surface area contributed by atoms with Crippen molar-refractivity contribution in [2.75, 3.05) is 0 Å². The summed E-state index contributed by atoms with van der Waals surface area (Å²) in [6, 6.07) is 0. The Morgan fingerprint density at radius 2 is 1.84 bits per heavy atom. The molecular formula is C19H32. The Balaban J connectivity index is 1.63. The number of rotatable bonds is 4. The standard InChI is InChI=1S/C19H32/c1-5-7-8-18(6-2)10-16-17(18)13(4)14-9-12(3)19(16)11-15(14)19/h12-17H,5-11H2,1-4H3. The second kappa shape index (κ2) is 3.80. The summed E-state index contributed by atoms with van der Waals surface area (Å²) < 4.78 is 0. The van der Waals surface area contributed by atoms with Crippen LogP contribution in [0.3, 0.4) is 0 Å². The molecule has 2 bridgehead atoms. The molecule has 0 nitrogen and oxygen atoms in total. The number of fused-ring (bicyclic) bond motifs is 1. The Kier molecular flexibility index (Phi) is 2.54. The van der Waals surface area contributed by atoms with Crippen LogP contribution in [0.5, 0.6) is 0 Å². The highest BCUT2D eigenvalue weighted by Gasteiger charge is 2.78. The quantitative estimate of drug-likeness (QED) is 0.624. The third-order valence-corrected chi connectivity index (χ3v) is 8.60. The van der Waals surface area contributed by atoms with Crippen molar-refractivity contribution in [3.8, 4) is 0 Å². The second-order valence-corrected chi connectivity index (χ2v) is 8.74. The predicted octanol–water partition coefficient (Wildman–Crippen LogP) is 5.52. The van der Waals surface area contributed by atoms with Crippen LogP contribution in [0, 0.1) is 46.3 Å². The minimum absolute atomic E-state index is 0.767. The van der Waals surface area contributed by atoms with Crippen LogP contribution in [0.4, 0.5) is 0 Å². The van der Waals surface area contributed by atoms with E-state index in [1.165, 1.54) is 31.6 Å². The fraction of sp³-hybridized carbons (Fsp3) is 1.00. The fourth-order valence-corrected chi connectivity index (χ4v) is 7.64. The van der Waals surface area contributed by atoms with Gasteiger partial charge in [-0.2, -0.15) is 0 Å². The lowest BCUT2D eigenvalue weighted by atomic mass is 9.41. The van der Waals surface area contributed by atoms with E-state index < -0.39 is 0 Å². The Morgan fingerprint density at radius 1 is 1.05 bits per heavy atom. The van der Waals surface area contributed by atoms with Crippen molar-refractivity contribution in [1.29, 1.82) is 0 Å². The van der Waals surface area contributed by atoms with Gasteiger partial charge in [-0.25, -0.2) is 0 Å². The summed E-state index contributed by atoms with van der Waals surface area (Å²) in [7, 11) is 0. The van der Waals surface area contributed by atoms with Crippen LogP contribution in [0.1, 0.15) is 72.6 Å². The van der Waals surface area contributed by atoms with Crippen molar-refractivity contribution in [3.05, 3.63) is 0 Å². The highest BCUT2D eigenvalue weighted by molar-refractivity contribution is 5.26. The van der Waals surface area contributed by atoms with Crippen LogP contribution < -0.4 is 0 Å². The summed E-state index contributed by atoms with van der Waals surface area (Å²) in [5.41, 5.74) is 1.63. The maximum Gasteiger partial charge on any atom is -0.0206 e. The van der Waals surface area contributed by atoms with E-state index in [4.69, 9.17) is 0 Å². The first-order chi connectivity index (χ1) is 9.10. The van der Waals surface area contributed by atoms with Crippen molar-refractivity contribution in [1.82, 2.24) is 0 Å². The van der Waals surface area contributed by atoms with Gasteiger partial charge in [0.15, 0.2) is 0 Å². The van der Waals surface area contributed by atoms with Gasteiger partial charge in [0.25, 0.3) is 0 Å². The molecule has 4 aliphatic carbocycles. The second-order valence-electron chi connectivity index (χ2n) is 8.74. The maximum absolute atomic E-state index is 2.64. The van der Waals surface area contributed by atoms with Crippen molar-refractivity contribution >= 4 is 0 Å². The van der Waals surface area contributed by atoms with Gasteiger partial charge in [0.2, 0.25) is 0 Å². The Hall–Kier alpha value is 0. The van der Waals surface area contributed by atoms with Crippen LogP contribution in [-0.4, -0.2) is 0 Å².